The molecule has 0 unspecified atom stereocenters. The predicted molar refractivity (Wildman–Crippen MR) is 134 cm³/mol. The fraction of sp³-hybridized carbons (Fsp3) is 0.917. The molecule has 0 aromatic carbocycles. The molecule has 2 rings (SSSR count). The summed E-state index contributed by atoms with van der Waals surface area (Å²) in [5, 5.41) is 27.1. The van der Waals surface area contributed by atoms with Gasteiger partial charge in [-0.25, -0.2) is 0 Å². The second-order valence-corrected chi connectivity index (χ2v) is 14.7. The molecule has 0 aromatic rings. The van der Waals surface area contributed by atoms with Crippen LogP contribution >= 0.6 is 21.6 Å². The number of rotatable bonds is 9. The maximum Gasteiger partial charge on any atom is 0.306 e. The third-order valence-electron chi connectivity index (χ3n) is 6.57. The highest BCUT2D eigenvalue weighted by molar-refractivity contribution is 8.76. The van der Waals surface area contributed by atoms with Crippen molar-refractivity contribution in [2.45, 2.75) is 128 Å². The van der Waals surface area contributed by atoms with Crippen molar-refractivity contribution in [3.63, 3.8) is 0 Å². The van der Waals surface area contributed by atoms with Crippen molar-refractivity contribution in [3.8, 4) is 0 Å². The minimum atomic E-state index is -0.566. The Bertz CT molecular complexity index is 632. The molecule has 2 saturated heterocycles. The van der Waals surface area contributed by atoms with Gasteiger partial charge < -0.3 is 9.47 Å². The average Bonchev–Trinajstić information content (AvgIpc) is 2.66. The van der Waals surface area contributed by atoms with E-state index in [1.165, 1.54) is 21.6 Å². The van der Waals surface area contributed by atoms with Crippen molar-refractivity contribution >= 4 is 33.5 Å². The van der Waals surface area contributed by atoms with Crippen LogP contribution in [0.15, 0.2) is 0 Å². The molecule has 0 aromatic heterocycles. The lowest BCUT2D eigenvalue weighted by molar-refractivity contribution is -0.299. The van der Waals surface area contributed by atoms with Gasteiger partial charge >= 0.3 is 11.9 Å². The molecule has 10 heteroatoms. The summed E-state index contributed by atoms with van der Waals surface area (Å²) < 4.78 is 11.3. The first-order valence-corrected chi connectivity index (χ1v) is 14.5. The molecule has 0 aliphatic carbocycles. The number of carbonyl (C=O) groups excluding carboxylic acids is 2. The molecule has 2 fully saturated rings. The minimum absolute atomic E-state index is 0.251. The fourth-order valence-corrected chi connectivity index (χ4v) is 7.31. The molecule has 2 aliphatic heterocycles. The molecular formula is C24H42N2O6S2. The van der Waals surface area contributed by atoms with Crippen LogP contribution in [-0.2, 0) is 29.5 Å². The number of hydroxylamine groups is 4. The first kappa shape index (κ1) is 29.7. The molecule has 0 amide bonds. The third kappa shape index (κ3) is 8.00. The molecule has 0 saturated carbocycles. The van der Waals surface area contributed by atoms with Crippen molar-refractivity contribution in [1.29, 1.82) is 0 Å². The monoisotopic (exact) mass is 518 g/mol. The van der Waals surface area contributed by atoms with E-state index in [2.05, 4.69) is 0 Å². The van der Waals surface area contributed by atoms with E-state index in [4.69, 9.17) is 9.47 Å². The molecule has 0 atom stereocenters. The van der Waals surface area contributed by atoms with E-state index in [0.29, 0.717) is 50.0 Å². The highest BCUT2D eigenvalue weighted by atomic mass is 33.1. The number of nitrogens with zero attached hydrogens (tertiary/aromatic N) is 2. The van der Waals surface area contributed by atoms with E-state index in [-0.39, 0.29) is 24.1 Å². The van der Waals surface area contributed by atoms with Crippen molar-refractivity contribution in [2.24, 2.45) is 0 Å². The van der Waals surface area contributed by atoms with Gasteiger partial charge in [0.25, 0.3) is 0 Å². The first-order chi connectivity index (χ1) is 15.5. The Morgan fingerprint density at radius 3 is 1.18 bits per heavy atom. The van der Waals surface area contributed by atoms with Gasteiger partial charge in [-0.15, -0.1) is 20.5 Å². The summed E-state index contributed by atoms with van der Waals surface area (Å²) in [6.07, 6.45) is 2.18. The molecule has 2 radical (unpaired) electrons. The molecule has 2 aliphatic rings. The Hall–Kier alpha value is -0.520. The number of ether oxygens (including phenoxy) is 2. The van der Waals surface area contributed by atoms with Gasteiger partial charge in [-0.05, 0) is 55.4 Å². The quantitative estimate of drug-likeness (QED) is 0.240. The van der Waals surface area contributed by atoms with Crippen molar-refractivity contribution in [2.75, 3.05) is 11.5 Å². The maximum atomic E-state index is 12.4. The number of hydrogen-bond donors (Lipinski definition) is 0. The Labute approximate surface area is 212 Å². The Kier molecular flexibility index (Phi) is 9.83. The summed E-state index contributed by atoms with van der Waals surface area (Å²) in [7, 11) is 3.07. The van der Waals surface area contributed by atoms with Crippen LogP contribution in [-0.4, -0.2) is 67.9 Å². The first-order valence-electron chi connectivity index (χ1n) is 12.0. The van der Waals surface area contributed by atoms with Crippen LogP contribution < -0.4 is 0 Å². The molecule has 2 heterocycles. The number of hydrogen-bond acceptors (Lipinski definition) is 8. The zero-order valence-electron chi connectivity index (χ0n) is 22.0. The number of esters is 2. The van der Waals surface area contributed by atoms with Gasteiger partial charge in [-0.1, -0.05) is 21.6 Å². The van der Waals surface area contributed by atoms with E-state index in [9.17, 15) is 20.0 Å². The van der Waals surface area contributed by atoms with Crippen LogP contribution in [0.25, 0.3) is 0 Å². The average molecular weight is 519 g/mol. The summed E-state index contributed by atoms with van der Waals surface area (Å²) in [5.41, 5.74) is -2.26. The van der Waals surface area contributed by atoms with Crippen molar-refractivity contribution < 1.29 is 29.5 Å². The summed E-state index contributed by atoms with van der Waals surface area (Å²) in [5.74, 6) is 0.684. The van der Waals surface area contributed by atoms with Crippen LogP contribution in [0.1, 0.15) is 93.9 Å². The van der Waals surface area contributed by atoms with Crippen LogP contribution in [0.2, 0.25) is 0 Å². The molecule has 0 spiro atoms. The zero-order chi connectivity index (χ0) is 25.9. The number of carbonyl (C=O) groups is 2. The van der Waals surface area contributed by atoms with E-state index in [0.717, 1.165) is 10.1 Å². The summed E-state index contributed by atoms with van der Waals surface area (Å²) in [6.45, 7) is 15.1. The predicted octanol–water partition coefficient (Wildman–Crippen LogP) is 4.97. The summed E-state index contributed by atoms with van der Waals surface area (Å²) in [4.78, 5) is 24.5. The van der Waals surface area contributed by atoms with Crippen LogP contribution in [0.5, 0.6) is 0 Å². The van der Waals surface area contributed by atoms with Gasteiger partial charge in [0, 0.05) is 59.3 Å². The minimum Gasteiger partial charge on any atom is -0.462 e. The van der Waals surface area contributed by atoms with E-state index in [1.54, 1.807) is 0 Å². The lowest BCUT2D eigenvalue weighted by Gasteiger charge is -2.49. The van der Waals surface area contributed by atoms with Gasteiger partial charge in [0.1, 0.15) is 12.2 Å². The maximum absolute atomic E-state index is 12.4. The van der Waals surface area contributed by atoms with E-state index in [1.807, 2.05) is 55.4 Å². The second kappa shape index (κ2) is 11.3. The second-order valence-electron chi connectivity index (χ2n) is 12.0. The van der Waals surface area contributed by atoms with Crippen LogP contribution in [0.4, 0.5) is 0 Å². The Morgan fingerprint density at radius 2 is 0.912 bits per heavy atom. The van der Waals surface area contributed by atoms with Gasteiger partial charge in [0.05, 0.1) is 12.8 Å². The van der Waals surface area contributed by atoms with Gasteiger partial charge in [0.15, 0.2) is 0 Å². The fourth-order valence-electron chi connectivity index (χ4n) is 5.37. The normalized spacial score (nSPS) is 25.1. The van der Waals surface area contributed by atoms with Crippen LogP contribution in [0, 0.1) is 0 Å². The van der Waals surface area contributed by atoms with Gasteiger partial charge in [0.2, 0.25) is 0 Å². The SMILES string of the molecule is CC1(C)CC(OC(=O)CCSSCCC(=O)OC2CC(C)(C)N([O])C(C)(C)C2)CC(C)(C)N1[O]. The summed E-state index contributed by atoms with van der Waals surface area (Å²) >= 11 is 0. The van der Waals surface area contributed by atoms with E-state index < -0.39 is 22.2 Å². The smallest absolute Gasteiger partial charge is 0.306 e. The number of piperidine rings is 2. The lowest BCUT2D eigenvalue weighted by atomic mass is 9.80. The Balaban J connectivity index is 1.62. The zero-order valence-corrected chi connectivity index (χ0v) is 23.6. The van der Waals surface area contributed by atoms with Crippen molar-refractivity contribution in [1.82, 2.24) is 10.1 Å². The highest BCUT2D eigenvalue weighted by Gasteiger charge is 2.48. The molecule has 8 nitrogen and oxygen atoms in total. The summed E-state index contributed by atoms with van der Waals surface area (Å²) in [6, 6.07) is 0. The highest BCUT2D eigenvalue weighted by Crippen LogP contribution is 2.39. The lowest BCUT2D eigenvalue weighted by Crippen LogP contribution is -2.60. The van der Waals surface area contributed by atoms with Crippen LogP contribution in [0.3, 0.4) is 0 Å². The van der Waals surface area contributed by atoms with Crippen molar-refractivity contribution in [3.05, 3.63) is 0 Å². The molecule has 0 N–H and O–H groups in total. The van der Waals surface area contributed by atoms with Gasteiger partial charge in [-0.2, -0.15) is 0 Å². The molecule has 0 bridgehead atoms. The van der Waals surface area contributed by atoms with Gasteiger partial charge in [-0.3, -0.25) is 9.59 Å². The molecule has 196 valence electrons. The Morgan fingerprint density at radius 1 is 0.647 bits per heavy atom. The third-order valence-corrected chi connectivity index (χ3v) is 8.97. The molecular weight excluding hydrogens is 476 g/mol. The standard InChI is InChI=1S/C24H42N2O6S2/c1-21(2)13-17(14-22(3,4)25(21)29)31-19(27)9-11-33-34-12-10-20(28)32-18-15-23(5,6)26(30)24(7,8)16-18/h17-18H,9-16H2,1-8H3. The molecule has 34 heavy (non-hydrogen) atoms. The van der Waals surface area contributed by atoms with E-state index >= 15 is 0 Å². The largest absolute Gasteiger partial charge is 0.462 e. The topological polar surface area (TPSA) is 98.9 Å².